The Balaban J connectivity index is 2.38. The summed E-state index contributed by atoms with van der Waals surface area (Å²) in [4.78, 5) is 22.3. The number of amides is 3. The van der Waals surface area contributed by atoms with Crippen molar-refractivity contribution in [1.82, 2.24) is 10.6 Å². The highest BCUT2D eigenvalue weighted by molar-refractivity contribution is 6.32. The van der Waals surface area contributed by atoms with Crippen LogP contribution < -0.4 is 15.4 Å². The number of aromatic hydroxyl groups is 1. The number of carbonyl (C=O) groups excluding carboxylic acids is 2. The average molecular weight is 283 g/mol. The summed E-state index contributed by atoms with van der Waals surface area (Å²) in [5.74, 6) is -0.468. The number of imide groups is 1. The minimum Gasteiger partial charge on any atom is -0.503 e. The van der Waals surface area contributed by atoms with Gasteiger partial charge < -0.3 is 15.2 Å². The van der Waals surface area contributed by atoms with Crippen LogP contribution in [-0.2, 0) is 4.79 Å². The number of nitrogens with one attached hydrogen (secondary N) is 2. The molecule has 0 radical (unpaired) electrons. The van der Waals surface area contributed by atoms with E-state index in [4.69, 9.17) is 16.3 Å². The van der Waals surface area contributed by atoms with Crippen LogP contribution in [0.25, 0.3) is 6.08 Å². The van der Waals surface area contributed by atoms with E-state index in [9.17, 15) is 14.7 Å². The van der Waals surface area contributed by atoms with E-state index in [1.54, 1.807) is 6.92 Å². The fourth-order valence-electron chi connectivity index (χ4n) is 1.59. The molecule has 3 amide bonds. The first kappa shape index (κ1) is 13.2. The molecule has 100 valence electrons. The third-order valence-electron chi connectivity index (χ3n) is 2.38. The second-order valence-corrected chi connectivity index (χ2v) is 4.16. The molecular weight excluding hydrogens is 272 g/mol. The average Bonchev–Trinajstić information content (AvgIpc) is 2.64. The third kappa shape index (κ3) is 2.79. The van der Waals surface area contributed by atoms with Gasteiger partial charge in [0.15, 0.2) is 11.5 Å². The molecule has 7 heteroatoms. The molecule has 1 aliphatic rings. The first-order valence-corrected chi connectivity index (χ1v) is 5.88. The van der Waals surface area contributed by atoms with E-state index in [1.165, 1.54) is 18.2 Å². The van der Waals surface area contributed by atoms with Crippen LogP contribution in [0.2, 0.25) is 5.02 Å². The zero-order chi connectivity index (χ0) is 14.0. The Labute approximate surface area is 114 Å². The van der Waals surface area contributed by atoms with Crippen LogP contribution in [0.15, 0.2) is 17.8 Å². The van der Waals surface area contributed by atoms with Crippen molar-refractivity contribution >= 4 is 29.6 Å². The second-order valence-electron chi connectivity index (χ2n) is 3.75. The Morgan fingerprint density at radius 1 is 1.37 bits per heavy atom. The van der Waals surface area contributed by atoms with Gasteiger partial charge >= 0.3 is 6.03 Å². The van der Waals surface area contributed by atoms with Crippen LogP contribution in [0.4, 0.5) is 4.79 Å². The number of carbonyl (C=O) groups is 2. The fourth-order valence-corrected chi connectivity index (χ4v) is 1.81. The van der Waals surface area contributed by atoms with Crippen LogP contribution in [-0.4, -0.2) is 23.7 Å². The summed E-state index contributed by atoms with van der Waals surface area (Å²) in [6.07, 6.45) is 1.44. The molecule has 1 heterocycles. The SMILES string of the molecule is CCOc1cc(C=C2NC(=O)NC2=O)cc(Cl)c1O. The van der Waals surface area contributed by atoms with Gasteiger partial charge in [-0.2, -0.15) is 0 Å². The normalized spacial score (nSPS) is 16.4. The number of phenolic OH excluding ortho intramolecular Hbond substituents is 1. The van der Waals surface area contributed by atoms with Crippen molar-refractivity contribution in [1.29, 1.82) is 0 Å². The number of ether oxygens (including phenoxy) is 1. The molecule has 6 nitrogen and oxygen atoms in total. The van der Waals surface area contributed by atoms with E-state index in [-0.39, 0.29) is 22.2 Å². The molecule has 0 saturated carbocycles. The molecule has 0 aromatic heterocycles. The summed E-state index contributed by atoms with van der Waals surface area (Å²) >= 11 is 5.86. The monoisotopic (exact) mass is 282 g/mol. The fraction of sp³-hybridized carbons (Fsp3) is 0.167. The number of halogens is 1. The minimum absolute atomic E-state index is 0.0996. The Bertz CT molecular complexity index is 583. The summed E-state index contributed by atoms with van der Waals surface area (Å²) in [6, 6.07) is 2.41. The van der Waals surface area contributed by atoms with Gasteiger partial charge in [0.25, 0.3) is 5.91 Å². The van der Waals surface area contributed by atoms with Gasteiger partial charge in [-0.05, 0) is 30.7 Å². The van der Waals surface area contributed by atoms with E-state index >= 15 is 0 Å². The smallest absolute Gasteiger partial charge is 0.326 e. The number of benzene rings is 1. The molecule has 2 rings (SSSR count). The lowest BCUT2D eigenvalue weighted by Crippen LogP contribution is -2.22. The third-order valence-corrected chi connectivity index (χ3v) is 2.67. The molecule has 19 heavy (non-hydrogen) atoms. The van der Waals surface area contributed by atoms with E-state index < -0.39 is 11.9 Å². The maximum absolute atomic E-state index is 11.4. The molecular formula is C12H11ClN2O4. The maximum Gasteiger partial charge on any atom is 0.326 e. The lowest BCUT2D eigenvalue weighted by molar-refractivity contribution is -0.115. The minimum atomic E-state index is -0.578. The zero-order valence-electron chi connectivity index (χ0n) is 9.99. The van der Waals surface area contributed by atoms with Crippen LogP contribution >= 0.6 is 11.6 Å². The summed E-state index contributed by atoms with van der Waals surface area (Å²) in [5.41, 5.74) is 0.632. The summed E-state index contributed by atoms with van der Waals surface area (Å²) in [7, 11) is 0. The predicted molar refractivity (Wildman–Crippen MR) is 68.9 cm³/mol. The van der Waals surface area contributed by atoms with Crippen molar-refractivity contribution in [3.05, 3.63) is 28.4 Å². The topological polar surface area (TPSA) is 87.7 Å². The largest absolute Gasteiger partial charge is 0.503 e. The van der Waals surface area contributed by atoms with Crippen molar-refractivity contribution in [2.45, 2.75) is 6.92 Å². The highest BCUT2D eigenvalue weighted by Gasteiger charge is 2.23. The lowest BCUT2D eigenvalue weighted by atomic mass is 10.1. The van der Waals surface area contributed by atoms with Crippen molar-refractivity contribution in [3.8, 4) is 11.5 Å². The van der Waals surface area contributed by atoms with Gasteiger partial charge in [0.05, 0.1) is 11.6 Å². The maximum atomic E-state index is 11.4. The number of rotatable bonds is 3. The summed E-state index contributed by atoms with van der Waals surface area (Å²) < 4.78 is 5.22. The van der Waals surface area contributed by atoms with Crippen LogP contribution in [0, 0.1) is 0 Å². The molecule has 1 saturated heterocycles. The van der Waals surface area contributed by atoms with Crippen LogP contribution in [0.3, 0.4) is 0 Å². The first-order valence-electron chi connectivity index (χ1n) is 5.50. The summed E-state index contributed by atoms with van der Waals surface area (Å²) in [5, 5.41) is 14.2. The predicted octanol–water partition coefficient (Wildman–Crippen LogP) is 1.62. The van der Waals surface area contributed by atoms with Gasteiger partial charge in [0, 0.05) is 0 Å². The highest BCUT2D eigenvalue weighted by Crippen LogP contribution is 2.35. The van der Waals surface area contributed by atoms with Gasteiger partial charge in [-0.15, -0.1) is 0 Å². The number of hydrogen-bond donors (Lipinski definition) is 3. The van der Waals surface area contributed by atoms with Gasteiger partial charge in [0.2, 0.25) is 0 Å². The highest BCUT2D eigenvalue weighted by atomic mass is 35.5. The quantitative estimate of drug-likeness (QED) is 0.581. The molecule has 0 aliphatic carbocycles. The van der Waals surface area contributed by atoms with Crippen molar-refractivity contribution in [2.75, 3.05) is 6.61 Å². The molecule has 0 spiro atoms. The van der Waals surface area contributed by atoms with Crippen molar-refractivity contribution < 1.29 is 19.4 Å². The molecule has 0 unspecified atom stereocenters. The molecule has 1 aliphatic heterocycles. The van der Waals surface area contributed by atoms with Crippen LogP contribution in [0.1, 0.15) is 12.5 Å². The number of urea groups is 1. The Morgan fingerprint density at radius 3 is 2.68 bits per heavy atom. The van der Waals surface area contributed by atoms with Gasteiger partial charge in [-0.1, -0.05) is 11.6 Å². The Kier molecular flexibility index (Phi) is 3.62. The van der Waals surface area contributed by atoms with Crippen LogP contribution in [0.5, 0.6) is 11.5 Å². The van der Waals surface area contributed by atoms with E-state index in [0.29, 0.717) is 12.2 Å². The Morgan fingerprint density at radius 2 is 2.11 bits per heavy atom. The molecule has 1 aromatic rings. The molecule has 3 N–H and O–H groups in total. The Hall–Kier alpha value is -2.21. The van der Waals surface area contributed by atoms with Gasteiger partial charge in [-0.25, -0.2) is 4.79 Å². The van der Waals surface area contributed by atoms with E-state index in [0.717, 1.165) is 0 Å². The van der Waals surface area contributed by atoms with Crippen molar-refractivity contribution in [3.63, 3.8) is 0 Å². The molecule has 1 aromatic carbocycles. The molecule has 0 bridgehead atoms. The zero-order valence-corrected chi connectivity index (χ0v) is 10.7. The lowest BCUT2D eigenvalue weighted by Gasteiger charge is -2.08. The molecule has 0 atom stereocenters. The second kappa shape index (κ2) is 5.19. The van der Waals surface area contributed by atoms with E-state index in [2.05, 4.69) is 10.6 Å². The summed E-state index contributed by atoms with van der Waals surface area (Å²) in [6.45, 7) is 2.13. The first-order chi connectivity index (χ1) is 9.01. The number of hydrogen-bond acceptors (Lipinski definition) is 4. The molecule has 1 fully saturated rings. The van der Waals surface area contributed by atoms with Crippen molar-refractivity contribution in [2.24, 2.45) is 0 Å². The van der Waals surface area contributed by atoms with E-state index in [1.807, 2.05) is 0 Å². The van der Waals surface area contributed by atoms with Gasteiger partial charge in [0.1, 0.15) is 5.70 Å². The standard InChI is InChI=1S/C12H11ClN2O4/c1-2-19-9-5-6(3-7(13)10(9)16)4-8-11(17)15-12(18)14-8/h3-5,16H,2H2,1H3,(H2,14,15,17,18). The number of phenols is 1. The van der Waals surface area contributed by atoms with Gasteiger partial charge in [-0.3, -0.25) is 10.1 Å².